The molecule has 2 aromatic carbocycles. The molecule has 1 amide bonds. The molecule has 4 nitrogen and oxygen atoms in total. The van der Waals surface area contributed by atoms with E-state index in [0.717, 1.165) is 16.8 Å². The second-order valence-corrected chi connectivity index (χ2v) is 5.09. The molecule has 118 valence electrons. The lowest BCUT2D eigenvalue weighted by Crippen LogP contribution is -2.28. The molecule has 0 radical (unpaired) electrons. The van der Waals surface area contributed by atoms with Gasteiger partial charge in [0.05, 0.1) is 12.1 Å². The Balaban J connectivity index is 0.00000242. The summed E-state index contributed by atoms with van der Waals surface area (Å²) in [6.45, 7) is 1.46. The van der Waals surface area contributed by atoms with E-state index in [9.17, 15) is 9.90 Å². The van der Waals surface area contributed by atoms with E-state index in [2.05, 4.69) is 5.32 Å². The van der Waals surface area contributed by atoms with Gasteiger partial charge in [-0.25, -0.2) is 0 Å². The quantitative estimate of drug-likeness (QED) is 0.793. The first-order valence-electron chi connectivity index (χ1n) is 6.91. The van der Waals surface area contributed by atoms with Gasteiger partial charge in [0.1, 0.15) is 0 Å². The maximum atomic E-state index is 11.0. The topological polar surface area (TPSA) is 75.4 Å². The molecule has 4 N–H and O–H groups in total. The molecule has 5 heteroatoms. The standard InChI is InChI=1S/C17H20N2O2.ClH/c1-12(20)19-15-9-7-14(8-10-15)17(18)16(21)11-13-5-3-2-4-6-13;/h2-10,16-17,21H,11,18H2,1H3,(H,19,20);1H/t16-,17+;/m0./s1. The summed E-state index contributed by atoms with van der Waals surface area (Å²) in [7, 11) is 0. The number of carbonyl (C=O) groups excluding carboxylic acids is 1. The van der Waals surface area contributed by atoms with Crippen molar-refractivity contribution >= 4 is 24.0 Å². The van der Waals surface area contributed by atoms with Crippen LogP contribution in [0, 0.1) is 0 Å². The highest BCUT2D eigenvalue weighted by Crippen LogP contribution is 2.19. The third kappa shape index (κ3) is 5.15. The average molecular weight is 321 g/mol. The predicted molar refractivity (Wildman–Crippen MR) is 91.1 cm³/mol. The van der Waals surface area contributed by atoms with E-state index in [1.165, 1.54) is 6.92 Å². The van der Waals surface area contributed by atoms with Gasteiger partial charge in [-0.3, -0.25) is 4.79 Å². The normalized spacial score (nSPS) is 12.9. The second-order valence-electron chi connectivity index (χ2n) is 5.09. The van der Waals surface area contributed by atoms with E-state index >= 15 is 0 Å². The molecule has 0 heterocycles. The van der Waals surface area contributed by atoms with Crippen LogP contribution < -0.4 is 11.1 Å². The molecule has 22 heavy (non-hydrogen) atoms. The highest BCUT2D eigenvalue weighted by atomic mass is 35.5. The van der Waals surface area contributed by atoms with Gasteiger partial charge >= 0.3 is 0 Å². The Bertz CT molecular complexity index is 587. The molecule has 2 rings (SSSR count). The Morgan fingerprint density at radius 3 is 2.27 bits per heavy atom. The van der Waals surface area contributed by atoms with Gasteiger partial charge in [-0.2, -0.15) is 0 Å². The van der Waals surface area contributed by atoms with Crippen LogP contribution in [0.4, 0.5) is 5.69 Å². The van der Waals surface area contributed by atoms with Crippen LogP contribution in [-0.4, -0.2) is 17.1 Å². The summed E-state index contributed by atoms with van der Waals surface area (Å²) in [6, 6.07) is 16.5. The largest absolute Gasteiger partial charge is 0.391 e. The molecule has 0 unspecified atom stereocenters. The number of hydrogen-bond donors (Lipinski definition) is 3. The maximum Gasteiger partial charge on any atom is 0.221 e. The Hall–Kier alpha value is -1.88. The van der Waals surface area contributed by atoms with E-state index < -0.39 is 12.1 Å². The summed E-state index contributed by atoms with van der Waals surface area (Å²) in [4.78, 5) is 11.0. The van der Waals surface area contributed by atoms with Crippen LogP contribution >= 0.6 is 12.4 Å². The van der Waals surface area contributed by atoms with Gasteiger partial charge in [0, 0.05) is 19.0 Å². The minimum Gasteiger partial charge on any atom is -0.391 e. The number of halogens is 1. The molecule has 0 bridgehead atoms. The lowest BCUT2D eigenvalue weighted by atomic mass is 9.97. The number of aliphatic hydroxyl groups excluding tert-OH is 1. The van der Waals surface area contributed by atoms with E-state index in [4.69, 9.17) is 5.73 Å². The number of benzene rings is 2. The van der Waals surface area contributed by atoms with Crippen molar-refractivity contribution in [3.8, 4) is 0 Å². The zero-order valence-electron chi connectivity index (χ0n) is 12.4. The number of aliphatic hydroxyl groups is 1. The van der Waals surface area contributed by atoms with Gasteiger partial charge in [0.25, 0.3) is 0 Å². The van der Waals surface area contributed by atoms with Gasteiger partial charge in [-0.05, 0) is 23.3 Å². The first kappa shape index (κ1) is 18.2. The fourth-order valence-electron chi connectivity index (χ4n) is 2.20. The van der Waals surface area contributed by atoms with E-state index in [0.29, 0.717) is 6.42 Å². The van der Waals surface area contributed by atoms with Gasteiger partial charge in [0.2, 0.25) is 5.91 Å². The second kappa shape index (κ2) is 8.54. The summed E-state index contributed by atoms with van der Waals surface area (Å²) in [6.07, 6.45) is -0.144. The Morgan fingerprint density at radius 1 is 1.14 bits per heavy atom. The first-order chi connectivity index (χ1) is 10.1. The van der Waals surface area contributed by atoms with E-state index in [1.54, 1.807) is 12.1 Å². The van der Waals surface area contributed by atoms with Crippen LogP contribution in [0.15, 0.2) is 54.6 Å². The van der Waals surface area contributed by atoms with Crippen molar-refractivity contribution < 1.29 is 9.90 Å². The molecule has 0 spiro atoms. The molecule has 2 atom stereocenters. The van der Waals surface area contributed by atoms with Crippen molar-refractivity contribution in [3.63, 3.8) is 0 Å². The molecular weight excluding hydrogens is 300 g/mol. The molecule has 0 saturated heterocycles. The SMILES string of the molecule is CC(=O)Nc1ccc([C@@H](N)[C@@H](O)Cc2ccccc2)cc1.Cl. The van der Waals surface area contributed by atoms with Crippen molar-refractivity contribution in [1.82, 2.24) is 0 Å². The Labute approximate surface area is 136 Å². The van der Waals surface area contributed by atoms with Crippen molar-refractivity contribution in [3.05, 3.63) is 65.7 Å². The van der Waals surface area contributed by atoms with Crippen molar-refractivity contribution in [1.29, 1.82) is 0 Å². The summed E-state index contributed by atoms with van der Waals surface area (Å²) in [5.74, 6) is -0.115. The van der Waals surface area contributed by atoms with Crippen LogP contribution in [0.1, 0.15) is 24.1 Å². The first-order valence-corrected chi connectivity index (χ1v) is 6.91. The molecular formula is C17H21ClN2O2. The Morgan fingerprint density at radius 2 is 1.73 bits per heavy atom. The highest BCUT2D eigenvalue weighted by Gasteiger charge is 2.17. The summed E-state index contributed by atoms with van der Waals surface area (Å²) >= 11 is 0. The van der Waals surface area contributed by atoms with Gasteiger partial charge in [-0.1, -0.05) is 42.5 Å². The third-order valence-corrected chi connectivity index (χ3v) is 3.32. The summed E-state index contributed by atoms with van der Waals surface area (Å²) < 4.78 is 0. The molecule has 0 aliphatic heterocycles. The molecule has 0 aliphatic rings. The molecule has 0 saturated carbocycles. The minimum absolute atomic E-state index is 0. The monoisotopic (exact) mass is 320 g/mol. The fourth-order valence-corrected chi connectivity index (χ4v) is 2.20. The zero-order valence-corrected chi connectivity index (χ0v) is 13.2. The predicted octanol–water partition coefficient (Wildman–Crippen LogP) is 2.67. The number of rotatable bonds is 5. The van der Waals surface area contributed by atoms with Crippen molar-refractivity contribution in [2.24, 2.45) is 5.73 Å². The third-order valence-electron chi connectivity index (χ3n) is 3.32. The van der Waals surface area contributed by atoms with Crippen LogP contribution in [0.2, 0.25) is 0 Å². The molecule has 0 fully saturated rings. The van der Waals surface area contributed by atoms with E-state index in [-0.39, 0.29) is 18.3 Å². The smallest absolute Gasteiger partial charge is 0.221 e. The summed E-state index contributed by atoms with van der Waals surface area (Å²) in [5.41, 5.74) is 8.71. The van der Waals surface area contributed by atoms with Crippen molar-refractivity contribution in [2.45, 2.75) is 25.5 Å². The highest BCUT2D eigenvalue weighted by molar-refractivity contribution is 5.88. The lowest BCUT2D eigenvalue weighted by Gasteiger charge is -2.19. The number of nitrogens with two attached hydrogens (primary N) is 1. The van der Waals surface area contributed by atoms with Crippen LogP contribution in [0.5, 0.6) is 0 Å². The Kier molecular flexibility index (Phi) is 7.05. The number of anilines is 1. The van der Waals surface area contributed by atoms with E-state index in [1.807, 2.05) is 42.5 Å². The van der Waals surface area contributed by atoms with Gasteiger partial charge < -0.3 is 16.2 Å². The van der Waals surface area contributed by atoms with Crippen LogP contribution in [-0.2, 0) is 11.2 Å². The van der Waals surface area contributed by atoms with Gasteiger partial charge in [-0.15, -0.1) is 12.4 Å². The number of carbonyl (C=O) groups is 1. The molecule has 0 aromatic heterocycles. The van der Waals surface area contributed by atoms with Crippen LogP contribution in [0.25, 0.3) is 0 Å². The van der Waals surface area contributed by atoms with Crippen LogP contribution in [0.3, 0.4) is 0 Å². The summed E-state index contributed by atoms with van der Waals surface area (Å²) in [5, 5.41) is 12.9. The number of amides is 1. The van der Waals surface area contributed by atoms with Crippen molar-refractivity contribution in [2.75, 3.05) is 5.32 Å². The number of hydrogen-bond acceptors (Lipinski definition) is 3. The minimum atomic E-state index is -0.654. The molecule has 0 aliphatic carbocycles. The lowest BCUT2D eigenvalue weighted by molar-refractivity contribution is -0.114. The van der Waals surface area contributed by atoms with Gasteiger partial charge in [0.15, 0.2) is 0 Å². The number of nitrogens with one attached hydrogen (secondary N) is 1. The maximum absolute atomic E-state index is 11.0. The average Bonchev–Trinajstić information content (AvgIpc) is 2.47. The fraction of sp³-hybridized carbons (Fsp3) is 0.235. The molecule has 2 aromatic rings. The zero-order chi connectivity index (χ0) is 15.2.